The predicted octanol–water partition coefficient (Wildman–Crippen LogP) is 3.97. The number of aliphatic hydroxyl groups excluding tert-OH is 1. The molecule has 1 aliphatic rings. The standard InChI is InChI=1S/C23H22ClNO5/c1-3-13-30-18-10-6-16(7-11-18)21(26)19-20(15-4-8-17(24)9-5-15)25(12-14-29-2)23(28)22(19)27/h3-11,20,26H,1,12-14H2,2H3/b21-19+. The average molecular weight is 428 g/mol. The summed E-state index contributed by atoms with van der Waals surface area (Å²) < 4.78 is 10.5. The molecule has 1 saturated heterocycles. The van der Waals surface area contributed by atoms with Crippen LogP contribution in [-0.2, 0) is 14.3 Å². The van der Waals surface area contributed by atoms with Gasteiger partial charge in [-0.2, -0.15) is 0 Å². The number of hydrogen-bond donors (Lipinski definition) is 1. The number of carbonyl (C=O) groups excluding carboxylic acids is 2. The largest absolute Gasteiger partial charge is 0.507 e. The Morgan fingerprint density at radius 2 is 1.83 bits per heavy atom. The van der Waals surface area contributed by atoms with E-state index in [0.717, 1.165) is 0 Å². The monoisotopic (exact) mass is 427 g/mol. The van der Waals surface area contributed by atoms with Gasteiger partial charge in [-0.1, -0.05) is 36.4 Å². The van der Waals surface area contributed by atoms with E-state index in [0.29, 0.717) is 28.5 Å². The van der Waals surface area contributed by atoms with Gasteiger partial charge in [-0.05, 0) is 42.0 Å². The minimum Gasteiger partial charge on any atom is -0.507 e. The number of carbonyl (C=O) groups is 2. The second kappa shape index (κ2) is 9.61. The molecule has 1 aliphatic heterocycles. The number of benzene rings is 2. The van der Waals surface area contributed by atoms with Crippen molar-refractivity contribution < 1.29 is 24.2 Å². The third-order valence-electron chi connectivity index (χ3n) is 4.76. The zero-order valence-corrected chi connectivity index (χ0v) is 17.3. The molecule has 1 unspecified atom stereocenters. The third-order valence-corrected chi connectivity index (χ3v) is 5.01. The van der Waals surface area contributed by atoms with Crippen LogP contribution in [0.5, 0.6) is 5.75 Å². The predicted molar refractivity (Wildman–Crippen MR) is 114 cm³/mol. The highest BCUT2D eigenvalue weighted by Crippen LogP contribution is 2.39. The zero-order chi connectivity index (χ0) is 21.7. The van der Waals surface area contributed by atoms with Crippen LogP contribution in [0.2, 0.25) is 5.02 Å². The van der Waals surface area contributed by atoms with Gasteiger partial charge in [0.1, 0.15) is 18.1 Å². The summed E-state index contributed by atoms with van der Waals surface area (Å²) in [5.74, 6) is -1.07. The highest BCUT2D eigenvalue weighted by atomic mass is 35.5. The number of likely N-dealkylation sites (tertiary alicyclic amines) is 1. The molecule has 0 saturated carbocycles. The summed E-state index contributed by atoms with van der Waals surface area (Å²) in [6, 6.07) is 12.7. The Bertz CT molecular complexity index is 966. The Labute approximate surface area is 180 Å². The van der Waals surface area contributed by atoms with Gasteiger partial charge in [-0.3, -0.25) is 9.59 Å². The second-order valence-corrected chi connectivity index (χ2v) is 7.10. The minimum atomic E-state index is -0.742. The van der Waals surface area contributed by atoms with E-state index in [1.54, 1.807) is 54.6 Å². The number of amides is 1. The molecule has 0 spiro atoms. The molecule has 7 heteroatoms. The first-order valence-electron chi connectivity index (χ1n) is 9.35. The van der Waals surface area contributed by atoms with Gasteiger partial charge in [0.15, 0.2) is 0 Å². The summed E-state index contributed by atoms with van der Waals surface area (Å²) >= 11 is 5.99. The molecule has 3 rings (SSSR count). The van der Waals surface area contributed by atoms with E-state index in [-0.39, 0.29) is 24.5 Å². The molecule has 1 amide bonds. The fourth-order valence-corrected chi connectivity index (χ4v) is 3.44. The highest BCUT2D eigenvalue weighted by Gasteiger charge is 2.45. The number of halogens is 1. The molecule has 0 bridgehead atoms. The lowest BCUT2D eigenvalue weighted by molar-refractivity contribution is -0.140. The molecule has 1 heterocycles. The first-order valence-corrected chi connectivity index (χ1v) is 9.72. The SMILES string of the molecule is C=CCOc1ccc(/C(O)=C2\C(=O)C(=O)N(CCOC)C2c2ccc(Cl)cc2)cc1. The number of ether oxygens (including phenoxy) is 2. The van der Waals surface area contributed by atoms with E-state index in [9.17, 15) is 14.7 Å². The molecule has 2 aromatic rings. The van der Waals surface area contributed by atoms with Gasteiger partial charge in [0.25, 0.3) is 11.7 Å². The van der Waals surface area contributed by atoms with Gasteiger partial charge in [0.2, 0.25) is 0 Å². The Balaban J connectivity index is 2.05. The highest BCUT2D eigenvalue weighted by molar-refractivity contribution is 6.46. The van der Waals surface area contributed by atoms with Crippen molar-refractivity contribution in [1.82, 2.24) is 4.90 Å². The van der Waals surface area contributed by atoms with E-state index < -0.39 is 17.7 Å². The number of rotatable bonds is 8. The van der Waals surface area contributed by atoms with Crippen LogP contribution in [0.3, 0.4) is 0 Å². The van der Waals surface area contributed by atoms with Gasteiger partial charge >= 0.3 is 0 Å². The van der Waals surface area contributed by atoms with E-state index in [4.69, 9.17) is 21.1 Å². The van der Waals surface area contributed by atoms with E-state index >= 15 is 0 Å². The molecule has 0 aliphatic carbocycles. The van der Waals surface area contributed by atoms with Crippen LogP contribution >= 0.6 is 11.6 Å². The summed E-state index contributed by atoms with van der Waals surface area (Å²) in [6.07, 6.45) is 1.63. The summed E-state index contributed by atoms with van der Waals surface area (Å²) in [5.41, 5.74) is 1.10. The topological polar surface area (TPSA) is 76.1 Å². The number of aliphatic hydroxyl groups is 1. The van der Waals surface area contributed by atoms with E-state index in [1.807, 2.05) is 0 Å². The second-order valence-electron chi connectivity index (χ2n) is 6.66. The maximum atomic E-state index is 12.8. The summed E-state index contributed by atoms with van der Waals surface area (Å²) in [5, 5.41) is 11.5. The Morgan fingerprint density at radius 3 is 2.43 bits per heavy atom. The molecule has 1 atom stereocenters. The van der Waals surface area contributed by atoms with Crippen molar-refractivity contribution in [3.05, 3.63) is 82.9 Å². The average Bonchev–Trinajstić information content (AvgIpc) is 3.01. The van der Waals surface area contributed by atoms with Crippen molar-refractivity contribution in [2.24, 2.45) is 0 Å². The maximum absolute atomic E-state index is 12.8. The molecule has 156 valence electrons. The van der Waals surface area contributed by atoms with Crippen molar-refractivity contribution in [3.63, 3.8) is 0 Å². The molecule has 0 radical (unpaired) electrons. The first kappa shape index (κ1) is 21.6. The summed E-state index contributed by atoms with van der Waals surface area (Å²) in [4.78, 5) is 26.9. The van der Waals surface area contributed by atoms with Crippen LogP contribution in [-0.4, -0.2) is 48.6 Å². The fraction of sp³-hybridized carbons (Fsp3) is 0.217. The van der Waals surface area contributed by atoms with Crippen LogP contribution in [0.4, 0.5) is 0 Å². The van der Waals surface area contributed by atoms with Crippen LogP contribution in [0.25, 0.3) is 5.76 Å². The zero-order valence-electron chi connectivity index (χ0n) is 16.5. The van der Waals surface area contributed by atoms with E-state index in [1.165, 1.54) is 12.0 Å². The van der Waals surface area contributed by atoms with Crippen molar-refractivity contribution in [2.75, 3.05) is 26.9 Å². The van der Waals surface area contributed by atoms with Crippen LogP contribution < -0.4 is 4.74 Å². The van der Waals surface area contributed by atoms with Gasteiger partial charge in [0.05, 0.1) is 18.2 Å². The lowest BCUT2D eigenvalue weighted by atomic mass is 9.95. The first-order chi connectivity index (χ1) is 14.5. The molecule has 1 N–H and O–H groups in total. The quantitative estimate of drug-likeness (QED) is 0.298. The van der Waals surface area contributed by atoms with Crippen molar-refractivity contribution >= 4 is 29.1 Å². The lowest BCUT2D eigenvalue weighted by Gasteiger charge is -2.25. The van der Waals surface area contributed by atoms with Crippen molar-refractivity contribution in [3.8, 4) is 5.75 Å². The Morgan fingerprint density at radius 1 is 1.17 bits per heavy atom. The van der Waals surface area contributed by atoms with Gasteiger partial charge in [0, 0.05) is 24.2 Å². The molecular weight excluding hydrogens is 406 g/mol. The molecule has 6 nitrogen and oxygen atoms in total. The number of Topliss-reactive ketones (excluding diaryl/α,β-unsaturated/α-hetero) is 1. The van der Waals surface area contributed by atoms with Crippen LogP contribution in [0, 0.1) is 0 Å². The van der Waals surface area contributed by atoms with E-state index in [2.05, 4.69) is 6.58 Å². The summed E-state index contributed by atoms with van der Waals surface area (Å²) in [7, 11) is 1.52. The van der Waals surface area contributed by atoms with Crippen molar-refractivity contribution in [1.29, 1.82) is 0 Å². The number of methoxy groups -OCH3 is 1. The van der Waals surface area contributed by atoms with Crippen molar-refractivity contribution in [2.45, 2.75) is 6.04 Å². The third kappa shape index (κ3) is 4.40. The van der Waals surface area contributed by atoms with Crippen LogP contribution in [0.15, 0.2) is 66.8 Å². The van der Waals surface area contributed by atoms with Gasteiger partial charge in [-0.15, -0.1) is 0 Å². The minimum absolute atomic E-state index is 0.0261. The smallest absolute Gasteiger partial charge is 0.295 e. The fourth-order valence-electron chi connectivity index (χ4n) is 3.31. The summed E-state index contributed by atoms with van der Waals surface area (Å²) in [6.45, 7) is 4.41. The molecule has 30 heavy (non-hydrogen) atoms. The van der Waals surface area contributed by atoms with Gasteiger partial charge < -0.3 is 19.5 Å². The number of ketones is 1. The van der Waals surface area contributed by atoms with Crippen LogP contribution in [0.1, 0.15) is 17.2 Å². The number of nitrogens with zero attached hydrogens (tertiary/aromatic N) is 1. The Hall–Kier alpha value is -3.09. The normalized spacial score (nSPS) is 17.9. The molecule has 0 aromatic heterocycles. The molecule has 1 fully saturated rings. The molecule has 2 aromatic carbocycles. The maximum Gasteiger partial charge on any atom is 0.295 e. The van der Waals surface area contributed by atoms with Gasteiger partial charge in [-0.25, -0.2) is 0 Å². The lowest BCUT2D eigenvalue weighted by Crippen LogP contribution is -2.32. The number of hydrogen-bond acceptors (Lipinski definition) is 5. The molecular formula is C23H22ClNO5. The Kier molecular flexibility index (Phi) is 6.92.